The molecule has 67 heavy (non-hydrogen) atoms. The lowest BCUT2D eigenvalue weighted by Gasteiger charge is -2.44. The zero-order chi connectivity index (χ0) is 48.5. The number of anilines is 2. The Kier molecular flexibility index (Phi) is 15.2. The largest absolute Gasteiger partial charge is 0.573 e. The fourth-order valence-electron chi connectivity index (χ4n) is 10.3. The van der Waals surface area contributed by atoms with E-state index in [0.29, 0.717) is 57.1 Å². The number of likely N-dealkylation sites (tertiary alicyclic amines) is 2. The fraction of sp³-hybridized carbons (Fsp3) is 0.674. The van der Waals surface area contributed by atoms with Crippen LogP contribution in [-0.4, -0.2) is 179 Å². The van der Waals surface area contributed by atoms with Crippen molar-refractivity contribution in [3.63, 3.8) is 0 Å². The van der Waals surface area contributed by atoms with E-state index in [0.717, 1.165) is 51.6 Å². The van der Waals surface area contributed by atoms with Crippen LogP contribution in [0.4, 0.5) is 37.7 Å². The van der Waals surface area contributed by atoms with E-state index in [1.165, 1.54) is 41.3 Å². The molecule has 15 nitrogen and oxygen atoms in total. The molecular formula is C46H62F6N6O9. The van der Waals surface area contributed by atoms with Crippen LogP contribution in [0, 0.1) is 10.8 Å². The van der Waals surface area contributed by atoms with Crippen LogP contribution < -0.4 is 19.3 Å². The Hall–Kier alpha value is -4.57. The van der Waals surface area contributed by atoms with Gasteiger partial charge >= 0.3 is 18.7 Å². The van der Waals surface area contributed by atoms with Crippen molar-refractivity contribution >= 4 is 29.2 Å². The lowest BCUT2D eigenvalue weighted by molar-refractivity contribution is -0.275. The highest BCUT2D eigenvalue weighted by molar-refractivity contribution is 5.90. The van der Waals surface area contributed by atoms with Crippen molar-refractivity contribution in [1.82, 2.24) is 19.6 Å². The minimum absolute atomic E-state index is 0.0624. The van der Waals surface area contributed by atoms with Crippen molar-refractivity contribution in [2.45, 2.75) is 114 Å². The van der Waals surface area contributed by atoms with E-state index in [1.54, 1.807) is 40.7 Å². The first kappa shape index (κ1) is 50.3. The number of hydrogen-bond donors (Lipinski definition) is 4. The summed E-state index contributed by atoms with van der Waals surface area (Å²) in [5.41, 5.74) is 1.07. The van der Waals surface area contributed by atoms with E-state index in [1.807, 2.05) is 0 Å². The Morgan fingerprint density at radius 1 is 0.672 bits per heavy atom. The number of piperazine rings is 2. The number of aliphatic carboxylic acids is 1. The lowest BCUT2D eigenvalue weighted by Crippen LogP contribution is -2.60. The van der Waals surface area contributed by atoms with Crippen LogP contribution in [0.5, 0.6) is 11.5 Å². The lowest BCUT2D eigenvalue weighted by atomic mass is 9.90. The van der Waals surface area contributed by atoms with Gasteiger partial charge in [-0.1, -0.05) is 12.1 Å². The van der Waals surface area contributed by atoms with Gasteiger partial charge in [-0.05, 0) is 113 Å². The average Bonchev–Trinajstić information content (AvgIpc) is 4.21. The van der Waals surface area contributed by atoms with Crippen molar-refractivity contribution in [3.8, 4) is 11.5 Å². The zero-order valence-corrected chi connectivity index (χ0v) is 37.8. The number of alkyl halides is 6. The average molecular weight is 957 g/mol. The topological polar surface area (TPSA) is 170 Å². The molecule has 4 N–H and O–H groups in total. The molecule has 2 aliphatic carbocycles. The number of amides is 2. The third-order valence-corrected chi connectivity index (χ3v) is 14.9. The number of benzene rings is 2. The van der Waals surface area contributed by atoms with Gasteiger partial charge in [-0.25, -0.2) is 4.79 Å². The Bertz CT molecular complexity index is 2060. The number of rotatable bonds is 14. The van der Waals surface area contributed by atoms with Gasteiger partial charge in [0.2, 0.25) is 11.8 Å². The first-order chi connectivity index (χ1) is 31.6. The Labute approximate surface area is 385 Å². The number of piperidine rings is 2. The van der Waals surface area contributed by atoms with Crippen LogP contribution in [-0.2, 0) is 14.4 Å². The number of halogens is 6. The van der Waals surface area contributed by atoms with Crippen molar-refractivity contribution in [3.05, 3.63) is 48.5 Å². The number of aliphatic hydroxyl groups excluding tert-OH is 3. The molecule has 8 rings (SSSR count). The molecule has 0 bridgehead atoms. The van der Waals surface area contributed by atoms with Gasteiger partial charge in [0, 0.05) is 75.9 Å². The maximum Gasteiger partial charge on any atom is 0.573 e. The van der Waals surface area contributed by atoms with Gasteiger partial charge in [-0.2, -0.15) is 0 Å². The summed E-state index contributed by atoms with van der Waals surface area (Å²) in [5, 5.41) is 40.6. The SMILES string of the molecule is CC1C(=O)N(C(CCN2CCC3(CC3)[C@H](O)C2)C(=O)O)CCN1c1cccc(OC(F)(F)F)c1.CC1C(=O)N(C(CO)CCN2CCC3(CC3)[C@H](O)C2)CCN1c1cccc(OC(F)(F)F)c1. The maximum absolute atomic E-state index is 13.1. The van der Waals surface area contributed by atoms with Crippen LogP contribution >= 0.6 is 0 Å². The minimum Gasteiger partial charge on any atom is -0.480 e. The van der Waals surface area contributed by atoms with Gasteiger partial charge in [0.25, 0.3) is 0 Å². The summed E-state index contributed by atoms with van der Waals surface area (Å²) in [4.78, 5) is 49.0. The first-order valence-corrected chi connectivity index (χ1v) is 23.1. The molecule has 21 heteroatoms. The number of nitrogens with zero attached hydrogens (tertiary/aromatic N) is 6. The van der Waals surface area contributed by atoms with E-state index in [9.17, 15) is 61.2 Å². The highest BCUT2D eigenvalue weighted by Gasteiger charge is 2.52. The van der Waals surface area contributed by atoms with Crippen LogP contribution in [0.1, 0.15) is 65.2 Å². The number of hydrogen-bond acceptors (Lipinski definition) is 12. The summed E-state index contributed by atoms with van der Waals surface area (Å²) < 4.78 is 83.4. The molecule has 4 unspecified atom stereocenters. The molecule has 4 aliphatic heterocycles. The summed E-state index contributed by atoms with van der Waals surface area (Å²) in [6, 6.07) is 8.36. The number of ether oxygens (including phenoxy) is 2. The van der Waals surface area contributed by atoms with Gasteiger partial charge in [0.15, 0.2) is 0 Å². The predicted octanol–water partition coefficient (Wildman–Crippen LogP) is 4.53. The quantitative estimate of drug-likeness (QED) is 0.195. The maximum atomic E-state index is 13.1. The predicted molar refractivity (Wildman–Crippen MR) is 232 cm³/mol. The highest BCUT2D eigenvalue weighted by atomic mass is 19.4. The second-order valence-corrected chi connectivity index (χ2v) is 19.0. The molecule has 2 spiro atoms. The van der Waals surface area contributed by atoms with E-state index in [4.69, 9.17) is 0 Å². The smallest absolute Gasteiger partial charge is 0.480 e. The molecule has 2 amide bonds. The summed E-state index contributed by atoms with van der Waals surface area (Å²) in [6.45, 7) is 8.40. The van der Waals surface area contributed by atoms with Gasteiger partial charge in [0.1, 0.15) is 29.6 Å². The Balaban J connectivity index is 0.000000199. The monoisotopic (exact) mass is 956 g/mol. The van der Waals surface area contributed by atoms with Crippen LogP contribution in [0.25, 0.3) is 0 Å². The summed E-state index contributed by atoms with van der Waals surface area (Å²) >= 11 is 0. The van der Waals surface area contributed by atoms with E-state index < -0.39 is 48.8 Å². The molecule has 6 fully saturated rings. The van der Waals surface area contributed by atoms with Crippen LogP contribution in [0.3, 0.4) is 0 Å². The fourth-order valence-corrected chi connectivity index (χ4v) is 10.3. The normalized spacial score (nSPS) is 26.3. The molecule has 2 aromatic carbocycles. The van der Waals surface area contributed by atoms with Crippen molar-refractivity contribution in [1.29, 1.82) is 0 Å². The van der Waals surface area contributed by atoms with E-state index in [-0.39, 0.29) is 66.5 Å². The van der Waals surface area contributed by atoms with Crippen molar-refractivity contribution < 1.29 is 70.6 Å². The molecule has 6 atom stereocenters. The molecule has 4 saturated heterocycles. The number of carboxylic acids is 1. The minimum atomic E-state index is -4.82. The molecule has 2 saturated carbocycles. The van der Waals surface area contributed by atoms with Gasteiger partial charge < -0.3 is 59.3 Å². The molecular weight excluding hydrogens is 895 g/mol. The number of β-amino-alcohol motifs (C(OH)–C–C–N with tert-alkyl or cyclic N) is 2. The number of carbonyl (C=O) groups is 3. The molecule has 6 aliphatic rings. The molecule has 0 aromatic heterocycles. The highest BCUT2D eigenvalue weighted by Crippen LogP contribution is 2.54. The number of carboxylic acid groups (broad SMARTS) is 1. The van der Waals surface area contributed by atoms with Gasteiger partial charge in [-0.15, -0.1) is 26.3 Å². The number of carbonyl (C=O) groups excluding carboxylic acids is 2. The molecule has 0 radical (unpaired) electrons. The van der Waals surface area contributed by atoms with Crippen LogP contribution in [0.2, 0.25) is 0 Å². The second-order valence-electron chi connectivity index (χ2n) is 19.0. The third-order valence-electron chi connectivity index (χ3n) is 14.9. The Morgan fingerprint density at radius 3 is 1.51 bits per heavy atom. The summed E-state index contributed by atoms with van der Waals surface area (Å²) in [6.07, 6.45) is -3.29. The van der Waals surface area contributed by atoms with Crippen molar-refractivity contribution in [2.24, 2.45) is 10.8 Å². The Morgan fingerprint density at radius 2 is 1.10 bits per heavy atom. The van der Waals surface area contributed by atoms with Gasteiger partial charge in [0.05, 0.1) is 24.9 Å². The second kappa shape index (κ2) is 20.2. The summed E-state index contributed by atoms with van der Waals surface area (Å²) in [5.74, 6) is -2.36. The van der Waals surface area contributed by atoms with Crippen molar-refractivity contribution in [2.75, 3.05) is 81.9 Å². The van der Waals surface area contributed by atoms with Crippen LogP contribution in [0.15, 0.2) is 48.5 Å². The molecule has 2 aromatic rings. The van der Waals surface area contributed by atoms with Gasteiger partial charge in [-0.3, -0.25) is 9.59 Å². The van der Waals surface area contributed by atoms with E-state index >= 15 is 0 Å². The standard InChI is InChI=1S/C23H30F3N3O5.C23H32F3N3O4/c1-15-20(31)29(12-11-28(15)16-3-2-4-17(13-16)34-23(24,25)26)18(21(32)33)5-9-27-10-8-22(6-7-22)19(30)14-27;1-16-21(32)29(12-11-28(16)17-3-2-4-19(13-17)33-23(24,25)26)18(15-30)5-9-27-10-8-22(6-7-22)20(31)14-27/h2-4,13,15,18-19,30H,5-12,14H2,1H3,(H,32,33);2-4,13,16,18,20,30-31H,5-12,14-15H2,1H3/t15?,18?,19-;16?,18?,20-/m11/s1. The number of aliphatic hydroxyl groups is 3. The first-order valence-electron chi connectivity index (χ1n) is 23.1. The third kappa shape index (κ3) is 12.2. The zero-order valence-electron chi connectivity index (χ0n) is 37.8. The molecule has 372 valence electrons. The van der Waals surface area contributed by atoms with E-state index in [2.05, 4.69) is 19.3 Å². The summed E-state index contributed by atoms with van der Waals surface area (Å²) in [7, 11) is 0. The molecule has 4 heterocycles.